The fourth-order valence-electron chi connectivity index (χ4n) is 3.02. The van der Waals surface area contributed by atoms with Crippen LogP contribution in [-0.2, 0) is 0 Å². The molecule has 0 atom stereocenters. The van der Waals surface area contributed by atoms with E-state index in [1.54, 1.807) is 17.0 Å². The van der Waals surface area contributed by atoms with Gasteiger partial charge in [-0.05, 0) is 37.3 Å². The Morgan fingerprint density at radius 1 is 1.16 bits per heavy atom. The van der Waals surface area contributed by atoms with Crippen LogP contribution in [-0.4, -0.2) is 25.0 Å². The lowest BCUT2D eigenvalue weighted by atomic mass is 10.1. The van der Waals surface area contributed by atoms with E-state index in [-0.39, 0.29) is 11.9 Å². The van der Waals surface area contributed by atoms with Gasteiger partial charge in [0.15, 0.2) is 5.76 Å². The van der Waals surface area contributed by atoms with Crippen molar-refractivity contribution < 1.29 is 14.0 Å². The number of para-hydroxylation sites is 1. The number of benzene rings is 2. The van der Waals surface area contributed by atoms with Gasteiger partial charge in [-0.3, -0.25) is 9.69 Å². The molecule has 25 heavy (non-hydrogen) atoms. The van der Waals surface area contributed by atoms with Gasteiger partial charge in [0, 0.05) is 35.4 Å². The zero-order valence-electron chi connectivity index (χ0n) is 13.7. The van der Waals surface area contributed by atoms with Gasteiger partial charge in [0.1, 0.15) is 5.58 Å². The molecule has 1 aliphatic rings. The molecule has 1 saturated heterocycles. The fourth-order valence-corrected chi connectivity index (χ4v) is 3.02. The van der Waals surface area contributed by atoms with Gasteiger partial charge in [-0.1, -0.05) is 18.2 Å². The summed E-state index contributed by atoms with van der Waals surface area (Å²) in [5, 5.41) is 6.53. The van der Waals surface area contributed by atoms with Crippen molar-refractivity contribution in [3.05, 3.63) is 59.9 Å². The summed E-state index contributed by atoms with van der Waals surface area (Å²) in [7, 11) is 0. The lowest BCUT2D eigenvalue weighted by Crippen LogP contribution is -2.27. The topological polar surface area (TPSA) is 74.6 Å². The molecule has 0 saturated carbocycles. The van der Waals surface area contributed by atoms with Crippen molar-refractivity contribution in [2.75, 3.05) is 23.3 Å². The number of rotatable bonds is 3. The second kappa shape index (κ2) is 5.98. The first kappa shape index (κ1) is 15.3. The molecule has 126 valence electrons. The Bertz CT molecular complexity index is 960. The Hall–Kier alpha value is -3.28. The molecule has 6 heteroatoms. The molecule has 0 spiro atoms. The SMILES string of the molecule is Cc1c(C(=O)Nc2ccc(N3CCNC3=O)cc2)oc2ccccc12. The van der Waals surface area contributed by atoms with E-state index in [2.05, 4.69) is 10.6 Å². The van der Waals surface area contributed by atoms with Gasteiger partial charge in [-0.15, -0.1) is 0 Å². The second-order valence-corrected chi connectivity index (χ2v) is 5.94. The number of aryl methyl sites for hydroxylation is 1. The minimum Gasteiger partial charge on any atom is -0.451 e. The first-order valence-corrected chi connectivity index (χ1v) is 8.08. The molecule has 1 aliphatic heterocycles. The summed E-state index contributed by atoms with van der Waals surface area (Å²) in [6, 6.07) is 14.6. The number of urea groups is 1. The lowest BCUT2D eigenvalue weighted by Gasteiger charge is -2.14. The van der Waals surface area contributed by atoms with Gasteiger partial charge in [-0.2, -0.15) is 0 Å². The van der Waals surface area contributed by atoms with Crippen LogP contribution in [0.1, 0.15) is 16.1 Å². The van der Waals surface area contributed by atoms with Crippen LogP contribution >= 0.6 is 0 Å². The molecule has 0 aliphatic carbocycles. The van der Waals surface area contributed by atoms with E-state index in [4.69, 9.17) is 4.42 Å². The van der Waals surface area contributed by atoms with Crippen molar-refractivity contribution in [1.82, 2.24) is 5.32 Å². The predicted molar refractivity (Wildman–Crippen MR) is 96.1 cm³/mol. The van der Waals surface area contributed by atoms with Crippen molar-refractivity contribution >= 4 is 34.3 Å². The summed E-state index contributed by atoms with van der Waals surface area (Å²) in [6.45, 7) is 3.15. The maximum atomic E-state index is 12.5. The fraction of sp³-hybridized carbons (Fsp3) is 0.158. The molecule has 1 aromatic heterocycles. The van der Waals surface area contributed by atoms with E-state index in [0.29, 0.717) is 30.1 Å². The van der Waals surface area contributed by atoms with Crippen molar-refractivity contribution in [3.8, 4) is 0 Å². The number of carbonyl (C=O) groups excluding carboxylic acids is 2. The van der Waals surface area contributed by atoms with Crippen LogP contribution in [0.5, 0.6) is 0 Å². The molecule has 6 nitrogen and oxygen atoms in total. The quantitative estimate of drug-likeness (QED) is 0.769. The van der Waals surface area contributed by atoms with E-state index in [9.17, 15) is 9.59 Å². The molecule has 4 rings (SSSR count). The van der Waals surface area contributed by atoms with Crippen molar-refractivity contribution in [2.24, 2.45) is 0 Å². The normalized spacial score (nSPS) is 14.0. The molecule has 2 N–H and O–H groups in total. The third-order valence-electron chi connectivity index (χ3n) is 4.34. The number of hydrogen-bond donors (Lipinski definition) is 2. The van der Waals surface area contributed by atoms with Crippen molar-refractivity contribution in [1.29, 1.82) is 0 Å². The van der Waals surface area contributed by atoms with Crippen LogP contribution < -0.4 is 15.5 Å². The molecular formula is C19H17N3O3. The number of amides is 3. The summed E-state index contributed by atoms with van der Waals surface area (Å²) in [6.07, 6.45) is 0. The predicted octanol–water partition coefficient (Wildman–Crippen LogP) is 3.52. The van der Waals surface area contributed by atoms with Crippen LogP contribution in [0.2, 0.25) is 0 Å². The standard InChI is InChI=1S/C19H17N3O3/c1-12-15-4-2-3-5-16(15)25-17(12)18(23)21-13-6-8-14(9-7-13)22-11-10-20-19(22)24/h2-9H,10-11H2,1H3,(H,20,24)(H,21,23). The smallest absolute Gasteiger partial charge is 0.321 e. The first-order valence-electron chi connectivity index (χ1n) is 8.08. The van der Waals surface area contributed by atoms with Gasteiger partial charge < -0.3 is 15.1 Å². The highest BCUT2D eigenvalue weighted by molar-refractivity contribution is 6.06. The number of carbonyl (C=O) groups is 2. The number of nitrogens with one attached hydrogen (secondary N) is 2. The van der Waals surface area contributed by atoms with Crippen LogP contribution in [0.4, 0.5) is 16.2 Å². The molecule has 0 unspecified atom stereocenters. The third kappa shape index (κ3) is 2.71. The Morgan fingerprint density at radius 3 is 2.60 bits per heavy atom. The molecular weight excluding hydrogens is 318 g/mol. The van der Waals surface area contributed by atoms with Gasteiger partial charge in [0.05, 0.1) is 0 Å². The molecule has 2 aromatic carbocycles. The van der Waals surface area contributed by atoms with Crippen LogP contribution in [0.3, 0.4) is 0 Å². The van der Waals surface area contributed by atoms with E-state index < -0.39 is 0 Å². The highest BCUT2D eigenvalue weighted by Gasteiger charge is 2.21. The minimum atomic E-state index is -0.291. The van der Waals surface area contributed by atoms with Crippen LogP contribution in [0, 0.1) is 6.92 Å². The van der Waals surface area contributed by atoms with E-state index in [1.165, 1.54) is 0 Å². The third-order valence-corrected chi connectivity index (χ3v) is 4.34. The molecule has 2 heterocycles. The molecule has 3 amide bonds. The van der Waals surface area contributed by atoms with Crippen LogP contribution in [0.15, 0.2) is 52.9 Å². The second-order valence-electron chi connectivity index (χ2n) is 5.94. The average molecular weight is 335 g/mol. The van der Waals surface area contributed by atoms with Crippen LogP contribution in [0.25, 0.3) is 11.0 Å². The molecule has 0 bridgehead atoms. The van der Waals surface area contributed by atoms with Gasteiger partial charge >= 0.3 is 6.03 Å². The Kier molecular flexibility index (Phi) is 3.65. The minimum absolute atomic E-state index is 0.102. The zero-order valence-corrected chi connectivity index (χ0v) is 13.7. The van der Waals surface area contributed by atoms with Crippen molar-refractivity contribution in [3.63, 3.8) is 0 Å². The number of fused-ring (bicyclic) bond motifs is 1. The molecule has 3 aromatic rings. The molecule has 1 fully saturated rings. The Balaban J connectivity index is 1.54. The van der Waals surface area contributed by atoms with E-state index in [0.717, 1.165) is 16.6 Å². The summed E-state index contributed by atoms with van der Waals surface area (Å²) in [5.74, 6) is 0.0181. The Labute approximate surface area is 144 Å². The number of nitrogens with zero attached hydrogens (tertiary/aromatic N) is 1. The van der Waals surface area contributed by atoms with E-state index >= 15 is 0 Å². The summed E-state index contributed by atoms with van der Waals surface area (Å²) < 4.78 is 5.68. The first-order chi connectivity index (χ1) is 12.1. The Morgan fingerprint density at radius 2 is 1.92 bits per heavy atom. The number of anilines is 2. The molecule has 0 radical (unpaired) electrons. The summed E-state index contributed by atoms with van der Waals surface area (Å²) >= 11 is 0. The number of hydrogen-bond acceptors (Lipinski definition) is 3. The van der Waals surface area contributed by atoms with Gasteiger partial charge in [0.25, 0.3) is 5.91 Å². The van der Waals surface area contributed by atoms with Crippen molar-refractivity contribution in [2.45, 2.75) is 6.92 Å². The van der Waals surface area contributed by atoms with Gasteiger partial charge in [-0.25, -0.2) is 4.79 Å². The largest absolute Gasteiger partial charge is 0.451 e. The maximum Gasteiger partial charge on any atom is 0.321 e. The summed E-state index contributed by atoms with van der Waals surface area (Å²) in [4.78, 5) is 25.9. The maximum absolute atomic E-state index is 12.5. The van der Waals surface area contributed by atoms with Gasteiger partial charge in [0.2, 0.25) is 0 Å². The lowest BCUT2D eigenvalue weighted by molar-refractivity contribution is 0.0998. The van der Waals surface area contributed by atoms with E-state index in [1.807, 2.05) is 43.3 Å². The zero-order chi connectivity index (χ0) is 17.4. The number of furan rings is 1. The highest BCUT2D eigenvalue weighted by Crippen LogP contribution is 2.26. The summed E-state index contributed by atoms with van der Waals surface area (Å²) in [5.41, 5.74) is 2.96. The monoisotopic (exact) mass is 335 g/mol. The highest BCUT2D eigenvalue weighted by atomic mass is 16.3. The average Bonchev–Trinajstić information content (AvgIpc) is 3.20.